The van der Waals surface area contributed by atoms with Gasteiger partial charge in [-0.1, -0.05) is 0 Å². The smallest absolute Gasteiger partial charge is 0.316 e. The molecule has 0 atom stereocenters. The third-order valence-corrected chi connectivity index (χ3v) is 1.92. The Labute approximate surface area is 69.5 Å². The molecular weight excluding hydrogens is 169 g/mol. The predicted octanol–water partition coefficient (Wildman–Crippen LogP) is 0.748. The molecule has 1 aliphatic heterocycles. The summed E-state index contributed by atoms with van der Waals surface area (Å²) >= 11 is 0. The zero-order valence-corrected chi connectivity index (χ0v) is 6.75. The molecule has 1 rings (SSSR count). The van der Waals surface area contributed by atoms with E-state index in [2.05, 4.69) is 10.6 Å². The molecule has 1 aliphatic rings. The molecule has 72 valence electrons. The lowest BCUT2D eigenvalue weighted by Gasteiger charge is -2.27. The Morgan fingerprint density at radius 3 is 2.42 bits per heavy atom. The van der Waals surface area contributed by atoms with Gasteiger partial charge in [-0.05, 0) is 32.0 Å². The molecule has 0 amide bonds. The second kappa shape index (κ2) is 4.09. The first-order valence-corrected chi connectivity index (χ1v) is 4.06. The van der Waals surface area contributed by atoms with Crippen LogP contribution in [0.15, 0.2) is 0 Å². The first-order chi connectivity index (χ1) is 5.58. The highest BCUT2D eigenvalue weighted by Gasteiger charge is 2.26. The standard InChI is InChI=1S/C7H13F3N2/c8-7(9,10)5-11-2-1-6-3-12-4-6/h6,11-12H,1-5H2. The van der Waals surface area contributed by atoms with Crippen molar-refractivity contribution in [3.8, 4) is 0 Å². The van der Waals surface area contributed by atoms with E-state index in [4.69, 9.17) is 0 Å². The van der Waals surface area contributed by atoms with Crippen molar-refractivity contribution in [2.75, 3.05) is 26.2 Å². The van der Waals surface area contributed by atoms with E-state index in [1.807, 2.05) is 0 Å². The molecule has 5 heteroatoms. The third-order valence-electron chi connectivity index (χ3n) is 1.92. The van der Waals surface area contributed by atoms with Crippen LogP contribution in [0.1, 0.15) is 6.42 Å². The highest BCUT2D eigenvalue weighted by molar-refractivity contribution is 4.75. The van der Waals surface area contributed by atoms with Gasteiger partial charge in [0.1, 0.15) is 0 Å². The van der Waals surface area contributed by atoms with Crippen molar-refractivity contribution < 1.29 is 13.2 Å². The van der Waals surface area contributed by atoms with Crippen molar-refractivity contribution in [1.29, 1.82) is 0 Å². The van der Waals surface area contributed by atoms with E-state index in [0.717, 1.165) is 19.5 Å². The van der Waals surface area contributed by atoms with Crippen LogP contribution in [0.25, 0.3) is 0 Å². The maximum absolute atomic E-state index is 11.6. The van der Waals surface area contributed by atoms with E-state index in [1.165, 1.54) is 0 Å². The summed E-state index contributed by atoms with van der Waals surface area (Å²) in [6, 6.07) is 0. The SMILES string of the molecule is FC(F)(F)CNCCC1CNC1. The molecule has 0 aromatic heterocycles. The summed E-state index contributed by atoms with van der Waals surface area (Å²) in [5.41, 5.74) is 0. The average molecular weight is 182 g/mol. The second-order valence-corrected chi connectivity index (χ2v) is 3.10. The molecule has 0 aromatic carbocycles. The molecule has 0 aliphatic carbocycles. The summed E-state index contributed by atoms with van der Waals surface area (Å²) in [6.45, 7) is 1.50. The van der Waals surface area contributed by atoms with Gasteiger partial charge in [0.05, 0.1) is 6.54 Å². The molecule has 0 radical (unpaired) electrons. The molecular formula is C7H13F3N2. The summed E-state index contributed by atoms with van der Waals surface area (Å²) in [4.78, 5) is 0. The van der Waals surface area contributed by atoms with Gasteiger partial charge in [0.25, 0.3) is 0 Å². The Bertz CT molecular complexity index is 131. The third kappa shape index (κ3) is 3.92. The van der Waals surface area contributed by atoms with Crippen LogP contribution in [-0.2, 0) is 0 Å². The zero-order valence-electron chi connectivity index (χ0n) is 6.75. The normalized spacial score (nSPS) is 19.2. The second-order valence-electron chi connectivity index (χ2n) is 3.10. The minimum absolute atomic E-state index is 0.464. The quantitative estimate of drug-likeness (QED) is 0.627. The van der Waals surface area contributed by atoms with E-state index < -0.39 is 12.7 Å². The van der Waals surface area contributed by atoms with Crippen molar-refractivity contribution in [1.82, 2.24) is 10.6 Å². The van der Waals surface area contributed by atoms with Crippen molar-refractivity contribution in [3.05, 3.63) is 0 Å². The number of rotatable bonds is 4. The van der Waals surface area contributed by atoms with Crippen LogP contribution in [0.3, 0.4) is 0 Å². The minimum atomic E-state index is -4.07. The van der Waals surface area contributed by atoms with Crippen LogP contribution >= 0.6 is 0 Å². The number of hydrogen-bond donors (Lipinski definition) is 2. The summed E-state index contributed by atoms with van der Waals surface area (Å²) in [7, 11) is 0. The Morgan fingerprint density at radius 2 is 2.00 bits per heavy atom. The summed E-state index contributed by atoms with van der Waals surface area (Å²) in [5.74, 6) is 0.575. The Hall–Kier alpha value is -0.290. The Kier molecular flexibility index (Phi) is 3.34. The maximum atomic E-state index is 11.6. The van der Waals surface area contributed by atoms with Crippen LogP contribution in [0.4, 0.5) is 13.2 Å². The fourth-order valence-electron chi connectivity index (χ4n) is 1.09. The first-order valence-electron chi connectivity index (χ1n) is 4.06. The topological polar surface area (TPSA) is 24.1 Å². The molecule has 0 bridgehead atoms. The van der Waals surface area contributed by atoms with Crippen LogP contribution < -0.4 is 10.6 Å². The van der Waals surface area contributed by atoms with Gasteiger partial charge in [-0.25, -0.2) is 0 Å². The molecule has 1 saturated heterocycles. The molecule has 0 aromatic rings. The highest BCUT2D eigenvalue weighted by atomic mass is 19.4. The van der Waals surface area contributed by atoms with Crippen molar-refractivity contribution >= 4 is 0 Å². The van der Waals surface area contributed by atoms with Gasteiger partial charge < -0.3 is 10.6 Å². The zero-order chi connectivity index (χ0) is 9.03. The first kappa shape index (κ1) is 9.80. The van der Waals surface area contributed by atoms with E-state index in [9.17, 15) is 13.2 Å². The number of halogens is 3. The molecule has 12 heavy (non-hydrogen) atoms. The van der Waals surface area contributed by atoms with E-state index >= 15 is 0 Å². The van der Waals surface area contributed by atoms with Crippen LogP contribution in [0.5, 0.6) is 0 Å². The van der Waals surface area contributed by atoms with Crippen LogP contribution in [0, 0.1) is 5.92 Å². The Balaban J connectivity index is 1.88. The lowest BCUT2D eigenvalue weighted by Crippen LogP contribution is -2.43. The molecule has 1 fully saturated rings. The van der Waals surface area contributed by atoms with Gasteiger partial charge >= 0.3 is 6.18 Å². The maximum Gasteiger partial charge on any atom is 0.401 e. The summed E-state index contributed by atoms with van der Waals surface area (Å²) < 4.78 is 34.8. The largest absolute Gasteiger partial charge is 0.401 e. The summed E-state index contributed by atoms with van der Waals surface area (Å²) in [6.07, 6.45) is -3.24. The molecule has 0 unspecified atom stereocenters. The van der Waals surface area contributed by atoms with Gasteiger partial charge in [-0.15, -0.1) is 0 Å². The predicted molar refractivity (Wildman–Crippen MR) is 39.9 cm³/mol. The van der Waals surface area contributed by atoms with Crippen LogP contribution in [-0.4, -0.2) is 32.4 Å². The fraction of sp³-hybridized carbons (Fsp3) is 1.00. The van der Waals surface area contributed by atoms with Crippen molar-refractivity contribution in [2.45, 2.75) is 12.6 Å². The van der Waals surface area contributed by atoms with Gasteiger partial charge in [-0.3, -0.25) is 0 Å². The summed E-state index contributed by atoms with van der Waals surface area (Å²) in [5, 5.41) is 5.44. The molecule has 0 saturated carbocycles. The van der Waals surface area contributed by atoms with Crippen LogP contribution in [0.2, 0.25) is 0 Å². The van der Waals surface area contributed by atoms with Gasteiger partial charge in [0.2, 0.25) is 0 Å². The fourth-order valence-corrected chi connectivity index (χ4v) is 1.09. The molecule has 1 heterocycles. The van der Waals surface area contributed by atoms with E-state index in [0.29, 0.717) is 12.5 Å². The highest BCUT2D eigenvalue weighted by Crippen LogP contribution is 2.12. The van der Waals surface area contributed by atoms with Crippen molar-refractivity contribution in [2.24, 2.45) is 5.92 Å². The molecule has 2 N–H and O–H groups in total. The van der Waals surface area contributed by atoms with E-state index in [-0.39, 0.29) is 0 Å². The van der Waals surface area contributed by atoms with Gasteiger partial charge in [0, 0.05) is 0 Å². The number of nitrogens with one attached hydrogen (secondary N) is 2. The van der Waals surface area contributed by atoms with E-state index in [1.54, 1.807) is 0 Å². The lowest BCUT2D eigenvalue weighted by molar-refractivity contribution is -0.124. The van der Waals surface area contributed by atoms with Gasteiger partial charge in [-0.2, -0.15) is 13.2 Å². The number of alkyl halides is 3. The monoisotopic (exact) mass is 182 g/mol. The van der Waals surface area contributed by atoms with Gasteiger partial charge in [0.15, 0.2) is 0 Å². The minimum Gasteiger partial charge on any atom is -0.316 e. The Morgan fingerprint density at radius 1 is 1.33 bits per heavy atom. The molecule has 2 nitrogen and oxygen atoms in total. The number of hydrogen-bond acceptors (Lipinski definition) is 2. The molecule has 0 spiro atoms. The lowest BCUT2D eigenvalue weighted by atomic mass is 10.00. The average Bonchev–Trinajstić information content (AvgIpc) is 1.80. The van der Waals surface area contributed by atoms with Crippen molar-refractivity contribution in [3.63, 3.8) is 0 Å².